The van der Waals surface area contributed by atoms with Gasteiger partial charge in [-0.2, -0.15) is 0 Å². The van der Waals surface area contributed by atoms with E-state index >= 15 is 0 Å². The Morgan fingerprint density at radius 3 is 2.62 bits per heavy atom. The molecule has 0 atom stereocenters. The molecule has 4 rings (SSSR count). The summed E-state index contributed by atoms with van der Waals surface area (Å²) in [5.74, 6) is -1.39. The molecule has 0 aromatic carbocycles. The van der Waals surface area contributed by atoms with Crippen molar-refractivity contribution in [3.05, 3.63) is 17.3 Å². The van der Waals surface area contributed by atoms with Gasteiger partial charge in [0.2, 0.25) is 0 Å². The number of amides is 1. The third-order valence-corrected chi connectivity index (χ3v) is 6.01. The smallest absolute Gasteiger partial charge is 0.309 e. The van der Waals surface area contributed by atoms with Crippen molar-refractivity contribution in [2.45, 2.75) is 63.8 Å². The van der Waals surface area contributed by atoms with Gasteiger partial charge in [-0.1, -0.05) is 19.3 Å². The topological polar surface area (TPSA) is 49.6 Å². The molecule has 1 aliphatic carbocycles. The van der Waals surface area contributed by atoms with E-state index in [-0.39, 0.29) is 37.7 Å². The number of rotatable bonds is 3. The molecule has 1 amide bonds. The fourth-order valence-electron chi connectivity index (χ4n) is 4.41. The standard InChI is InChI=1S/C19H27F2N3O2/c20-19(21)7-10-24(11-8-19)18(25)17-22-15-13-23(9-6-16(15)26-17)12-14-4-2-1-3-5-14/h14H,1-13H2. The van der Waals surface area contributed by atoms with E-state index in [1.807, 2.05) is 0 Å². The largest absolute Gasteiger partial charge is 0.437 e. The van der Waals surface area contributed by atoms with Crippen LogP contribution in [0.15, 0.2) is 4.42 Å². The van der Waals surface area contributed by atoms with Gasteiger partial charge in [0, 0.05) is 52.0 Å². The lowest BCUT2D eigenvalue weighted by molar-refractivity contribution is -0.0499. The van der Waals surface area contributed by atoms with Gasteiger partial charge in [0.15, 0.2) is 0 Å². The maximum absolute atomic E-state index is 13.3. The summed E-state index contributed by atoms with van der Waals surface area (Å²) < 4.78 is 32.3. The molecule has 1 saturated carbocycles. The van der Waals surface area contributed by atoms with Crippen LogP contribution in [0.5, 0.6) is 0 Å². The molecule has 0 bridgehead atoms. The Kier molecular flexibility index (Phi) is 4.99. The fourth-order valence-corrected chi connectivity index (χ4v) is 4.41. The SMILES string of the molecule is O=C(c1nc2c(o1)CCN(CC1CCCCC1)C2)N1CCC(F)(F)CC1. The highest BCUT2D eigenvalue weighted by Crippen LogP contribution is 2.30. The second-order valence-electron chi connectivity index (χ2n) is 8.03. The number of carbonyl (C=O) groups is 1. The Bertz CT molecular complexity index is 645. The number of aromatic nitrogens is 1. The van der Waals surface area contributed by atoms with Crippen LogP contribution in [0.4, 0.5) is 8.78 Å². The number of likely N-dealkylation sites (tertiary alicyclic amines) is 1. The van der Waals surface area contributed by atoms with Crippen molar-refractivity contribution in [1.82, 2.24) is 14.8 Å². The summed E-state index contributed by atoms with van der Waals surface area (Å²) in [6, 6.07) is 0. The number of oxazole rings is 1. The molecule has 1 aromatic heterocycles. The quantitative estimate of drug-likeness (QED) is 0.821. The van der Waals surface area contributed by atoms with Crippen molar-refractivity contribution in [3.8, 4) is 0 Å². The molecule has 0 radical (unpaired) electrons. The number of fused-ring (bicyclic) bond motifs is 1. The summed E-state index contributed by atoms with van der Waals surface area (Å²) in [5.41, 5.74) is 0.845. The summed E-state index contributed by atoms with van der Waals surface area (Å²) in [5, 5.41) is 0. The van der Waals surface area contributed by atoms with Gasteiger partial charge in [0.1, 0.15) is 5.76 Å². The highest BCUT2D eigenvalue weighted by Gasteiger charge is 2.37. The van der Waals surface area contributed by atoms with E-state index in [2.05, 4.69) is 9.88 Å². The van der Waals surface area contributed by atoms with Crippen LogP contribution in [0.3, 0.4) is 0 Å². The van der Waals surface area contributed by atoms with Gasteiger partial charge in [-0.05, 0) is 18.8 Å². The van der Waals surface area contributed by atoms with Gasteiger partial charge in [-0.25, -0.2) is 13.8 Å². The van der Waals surface area contributed by atoms with E-state index in [1.165, 1.54) is 37.0 Å². The van der Waals surface area contributed by atoms with Gasteiger partial charge < -0.3 is 9.32 Å². The van der Waals surface area contributed by atoms with Crippen LogP contribution in [-0.4, -0.2) is 52.8 Å². The molecule has 26 heavy (non-hydrogen) atoms. The van der Waals surface area contributed by atoms with Gasteiger partial charge in [-0.15, -0.1) is 0 Å². The Balaban J connectivity index is 1.37. The highest BCUT2D eigenvalue weighted by molar-refractivity contribution is 5.89. The van der Waals surface area contributed by atoms with Gasteiger partial charge in [0.25, 0.3) is 11.8 Å². The van der Waals surface area contributed by atoms with Crippen molar-refractivity contribution in [1.29, 1.82) is 0 Å². The Morgan fingerprint density at radius 2 is 1.88 bits per heavy atom. The zero-order valence-corrected chi connectivity index (χ0v) is 15.2. The maximum Gasteiger partial charge on any atom is 0.309 e. The number of halogens is 2. The van der Waals surface area contributed by atoms with Crippen LogP contribution < -0.4 is 0 Å². The van der Waals surface area contributed by atoms with Crippen LogP contribution >= 0.6 is 0 Å². The average molecular weight is 367 g/mol. The van der Waals surface area contributed by atoms with Crippen LogP contribution in [-0.2, 0) is 13.0 Å². The molecule has 3 aliphatic rings. The molecule has 1 saturated heterocycles. The van der Waals surface area contributed by atoms with E-state index in [0.29, 0.717) is 0 Å². The van der Waals surface area contributed by atoms with Crippen molar-refractivity contribution in [2.75, 3.05) is 26.2 Å². The number of hydrogen-bond donors (Lipinski definition) is 0. The molecule has 2 fully saturated rings. The third-order valence-electron chi connectivity index (χ3n) is 6.01. The minimum absolute atomic E-state index is 0.0622. The van der Waals surface area contributed by atoms with E-state index in [4.69, 9.17) is 4.42 Å². The van der Waals surface area contributed by atoms with E-state index < -0.39 is 5.92 Å². The molecule has 0 unspecified atom stereocenters. The first-order valence-electron chi connectivity index (χ1n) is 9.88. The minimum atomic E-state index is -2.66. The predicted octanol–water partition coefficient (Wildman–Crippen LogP) is 3.48. The monoisotopic (exact) mass is 367 g/mol. The summed E-state index contributed by atoms with van der Waals surface area (Å²) in [4.78, 5) is 20.8. The Morgan fingerprint density at radius 1 is 1.15 bits per heavy atom. The van der Waals surface area contributed by atoms with Crippen LogP contribution in [0.2, 0.25) is 0 Å². The summed E-state index contributed by atoms with van der Waals surface area (Å²) in [6.45, 7) is 2.87. The lowest BCUT2D eigenvalue weighted by Crippen LogP contribution is -2.42. The average Bonchev–Trinajstić information content (AvgIpc) is 3.05. The first-order chi connectivity index (χ1) is 12.5. The van der Waals surface area contributed by atoms with Crippen LogP contribution in [0.25, 0.3) is 0 Å². The van der Waals surface area contributed by atoms with Crippen molar-refractivity contribution in [3.63, 3.8) is 0 Å². The number of alkyl halides is 2. The maximum atomic E-state index is 13.3. The third kappa shape index (κ3) is 3.92. The highest BCUT2D eigenvalue weighted by atomic mass is 19.3. The van der Waals surface area contributed by atoms with E-state index in [0.717, 1.165) is 43.4 Å². The Hall–Kier alpha value is -1.50. The lowest BCUT2D eigenvalue weighted by atomic mass is 9.88. The predicted molar refractivity (Wildman–Crippen MR) is 92.1 cm³/mol. The first-order valence-corrected chi connectivity index (χ1v) is 9.88. The molecule has 3 heterocycles. The van der Waals surface area contributed by atoms with Crippen LogP contribution in [0.1, 0.15) is 67.1 Å². The zero-order valence-electron chi connectivity index (χ0n) is 15.2. The Labute approximate surface area is 152 Å². The minimum Gasteiger partial charge on any atom is -0.437 e. The molecule has 0 N–H and O–H groups in total. The van der Waals surface area contributed by atoms with Crippen molar-refractivity contribution >= 4 is 5.91 Å². The molecule has 7 heteroatoms. The van der Waals surface area contributed by atoms with E-state index in [1.54, 1.807) is 0 Å². The molecule has 144 valence electrons. The fraction of sp³-hybridized carbons (Fsp3) is 0.789. The zero-order chi connectivity index (χ0) is 18.1. The second kappa shape index (κ2) is 7.25. The van der Waals surface area contributed by atoms with Crippen molar-refractivity contribution < 1.29 is 18.0 Å². The molecule has 5 nitrogen and oxygen atoms in total. The summed E-state index contributed by atoms with van der Waals surface area (Å²) >= 11 is 0. The molecular weight excluding hydrogens is 340 g/mol. The van der Waals surface area contributed by atoms with E-state index in [9.17, 15) is 13.6 Å². The number of hydrogen-bond acceptors (Lipinski definition) is 4. The number of piperidine rings is 1. The van der Waals surface area contributed by atoms with Crippen LogP contribution in [0, 0.1) is 5.92 Å². The van der Waals surface area contributed by atoms with Gasteiger partial charge in [0.05, 0.1) is 5.69 Å². The first kappa shape index (κ1) is 17.9. The van der Waals surface area contributed by atoms with Crippen molar-refractivity contribution in [2.24, 2.45) is 5.92 Å². The number of carbonyl (C=O) groups excluding carboxylic acids is 1. The lowest BCUT2D eigenvalue weighted by Gasteiger charge is -2.31. The summed E-state index contributed by atoms with van der Waals surface area (Å²) in [7, 11) is 0. The second-order valence-corrected chi connectivity index (χ2v) is 8.03. The summed E-state index contributed by atoms with van der Waals surface area (Å²) in [6.07, 6.45) is 6.85. The van der Waals surface area contributed by atoms with Gasteiger partial charge >= 0.3 is 5.91 Å². The molecule has 0 spiro atoms. The van der Waals surface area contributed by atoms with Gasteiger partial charge in [-0.3, -0.25) is 9.69 Å². The normalized spacial score (nSPS) is 24.5. The number of nitrogens with zero attached hydrogens (tertiary/aromatic N) is 3. The molecular formula is C19H27F2N3O2. The molecule has 1 aromatic rings. The molecule has 2 aliphatic heterocycles.